The number of halogens is 1. The molecule has 5 nitrogen and oxygen atoms in total. The average Bonchev–Trinajstić information content (AvgIpc) is 2.61. The molecule has 0 aliphatic carbocycles. The zero-order chi connectivity index (χ0) is 16.9. The monoisotopic (exact) mass is 331 g/mol. The van der Waals surface area contributed by atoms with Gasteiger partial charge in [-0.05, 0) is 43.3 Å². The number of rotatable bonds is 5. The molecular formula is C18H18FNO4. The molecule has 0 radical (unpaired) electrons. The van der Waals surface area contributed by atoms with Crippen molar-refractivity contribution in [2.45, 2.75) is 19.1 Å². The number of benzene rings is 2. The first kappa shape index (κ1) is 16.1. The number of carbonyl (C=O) groups excluding carboxylic acids is 1. The molecule has 0 fully saturated rings. The molecule has 0 unspecified atom stereocenters. The first-order chi connectivity index (χ1) is 11.6. The van der Waals surface area contributed by atoms with Gasteiger partial charge in [-0.3, -0.25) is 4.79 Å². The van der Waals surface area contributed by atoms with Gasteiger partial charge in [-0.15, -0.1) is 0 Å². The van der Waals surface area contributed by atoms with Crippen LogP contribution in [0.15, 0.2) is 48.5 Å². The van der Waals surface area contributed by atoms with Gasteiger partial charge < -0.3 is 19.5 Å². The molecule has 1 amide bonds. The van der Waals surface area contributed by atoms with E-state index in [9.17, 15) is 9.18 Å². The number of hydrogen-bond acceptors (Lipinski definition) is 4. The maximum absolute atomic E-state index is 12.9. The van der Waals surface area contributed by atoms with Crippen LogP contribution in [0.25, 0.3) is 0 Å². The highest BCUT2D eigenvalue weighted by molar-refractivity contribution is 5.80. The van der Waals surface area contributed by atoms with Crippen LogP contribution in [-0.2, 0) is 4.79 Å². The zero-order valence-electron chi connectivity index (χ0n) is 13.2. The van der Waals surface area contributed by atoms with Gasteiger partial charge in [0.25, 0.3) is 5.91 Å². The van der Waals surface area contributed by atoms with Crippen molar-refractivity contribution in [2.75, 3.05) is 13.2 Å². The molecule has 2 aromatic rings. The van der Waals surface area contributed by atoms with Crippen molar-refractivity contribution in [1.29, 1.82) is 0 Å². The van der Waals surface area contributed by atoms with Gasteiger partial charge in [-0.1, -0.05) is 12.1 Å². The number of fused-ring (bicyclic) bond motifs is 1. The molecule has 3 rings (SSSR count). The normalized spacial score (nSPS) is 17.0. The second-order valence-electron chi connectivity index (χ2n) is 5.46. The van der Waals surface area contributed by atoms with Gasteiger partial charge in [0.05, 0.1) is 6.54 Å². The lowest BCUT2D eigenvalue weighted by atomic mass is 10.2. The van der Waals surface area contributed by atoms with Gasteiger partial charge in [0.2, 0.25) is 0 Å². The van der Waals surface area contributed by atoms with Crippen molar-refractivity contribution in [2.24, 2.45) is 0 Å². The molecule has 0 saturated heterocycles. The number of hydrogen-bond donors (Lipinski definition) is 1. The van der Waals surface area contributed by atoms with Gasteiger partial charge in [0, 0.05) is 0 Å². The lowest BCUT2D eigenvalue weighted by Gasteiger charge is -2.27. The Kier molecular flexibility index (Phi) is 4.84. The SMILES string of the molecule is C[C@H](Oc1ccc(F)cc1)C(=O)NC[C@H]1COc2ccccc2O1. The summed E-state index contributed by atoms with van der Waals surface area (Å²) in [4.78, 5) is 12.1. The molecule has 1 N–H and O–H groups in total. The van der Waals surface area contributed by atoms with Crippen LogP contribution in [0.5, 0.6) is 17.2 Å². The largest absolute Gasteiger partial charge is 0.486 e. The Morgan fingerprint density at radius 1 is 1.25 bits per heavy atom. The molecular weight excluding hydrogens is 313 g/mol. The lowest BCUT2D eigenvalue weighted by Crippen LogP contribution is -2.44. The molecule has 1 aliphatic heterocycles. The quantitative estimate of drug-likeness (QED) is 0.915. The fraction of sp³-hybridized carbons (Fsp3) is 0.278. The third kappa shape index (κ3) is 3.95. The first-order valence-electron chi connectivity index (χ1n) is 7.70. The molecule has 1 aliphatic rings. The summed E-state index contributed by atoms with van der Waals surface area (Å²) in [5, 5.41) is 2.77. The average molecular weight is 331 g/mol. The molecule has 2 aromatic carbocycles. The molecule has 24 heavy (non-hydrogen) atoms. The number of nitrogens with one attached hydrogen (secondary N) is 1. The summed E-state index contributed by atoms with van der Waals surface area (Å²) in [5.41, 5.74) is 0. The van der Waals surface area contributed by atoms with Crippen LogP contribution in [0.4, 0.5) is 4.39 Å². The van der Waals surface area contributed by atoms with Crippen molar-refractivity contribution in [3.05, 3.63) is 54.3 Å². The highest BCUT2D eigenvalue weighted by Gasteiger charge is 2.22. The van der Waals surface area contributed by atoms with E-state index >= 15 is 0 Å². The minimum atomic E-state index is -0.702. The second kappa shape index (κ2) is 7.21. The Labute approximate surface area is 139 Å². The van der Waals surface area contributed by atoms with Gasteiger partial charge in [-0.2, -0.15) is 0 Å². The van der Waals surface area contributed by atoms with E-state index in [-0.39, 0.29) is 17.8 Å². The molecule has 126 valence electrons. The van der Waals surface area contributed by atoms with Crippen molar-refractivity contribution >= 4 is 5.91 Å². The van der Waals surface area contributed by atoms with Crippen LogP contribution in [0, 0.1) is 5.82 Å². The van der Waals surface area contributed by atoms with Crippen LogP contribution >= 0.6 is 0 Å². The summed E-state index contributed by atoms with van der Waals surface area (Å²) in [6.07, 6.45) is -0.964. The van der Waals surface area contributed by atoms with E-state index in [1.54, 1.807) is 6.92 Å². The van der Waals surface area contributed by atoms with E-state index in [1.807, 2.05) is 24.3 Å². The van der Waals surface area contributed by atoms with E-state index in [4.69, 9.17) is 14.2 Å². The van der Waals surface area contributed by atoms with Gasteiger partial charge in [0.15, 0.2) is 17.6 Å². The minimum Gasteiger partial charge on any atom is -0.486 e. The number of amides is 1. The molecule has 0 bridgehead atoms. The fourth-order valence-corrected chi connectivity index (χ4v) is 2.29. The fourth-order valence-electron chi connectivity index (χ4n) is 2.29. The molecule has 2 atom stereocenters. The molecule has 0 aromatic heterocycles. The summed E-state index contributed by atoms with van der Waals surface area (Å²) in [5.74, 6) is 1.17. The molecule has 0 spiro atoms. The second-order valence-corrected chi connectivity index (χ2v) is 5.46. The number of carbonyl (C=O) groups is 1. The van der Waals surface area contributed by atoms with E-state index < -0.39 is 6.10 Å². The standard InChI is InChI=1S/C18H18FNO4/c1-12(23-14-8-6-13(19)7-9-14)18(21)20-10-15-11-22-16-4-2-3-5-17(16)24-15/h2-9,12,15H,10-11H2,1H3,(H,20,21)/t12-,15-/m0/s1. The Bertz CT molecular complexity index is 704. The van der Waals surface area contributed by atoms with Crippen LogP contribution < -0.4 is 19.5 Å². The third-order valence-electron chi connectivity index (χ3n) is 3.57. The van der Waals surface area contributed by atoms with Crippen LogP contribution in [-0.4, -0.2) is 31.3 Å². The first-order valence-corrected chi connectivity index (χ1v) is 7.70. The van der Waals surface area contributed by atoms with E-state index in [2.05, 4.69) is 5.32 Å². The van der Waals surface area contributed by atoms with Gasteiger partial charge in [0.1, 0.15) is 24.3 Å². The maximum Gasteiger partial charge on any atom is 0.260 e. The summed E-state index contributed by atoms with van der Waals surface area (Å²) in [6.45, 7) is 2.31. The highest BCUT2D eigenvalue weighted by atomic mass is 19.1. The number of para-hydroxylation sites is 2. The van der Waals surface area contributed by atoms with E-state index in [1.165, 1.54) is 24.3 Å². The van der Waals surface area contributed by atoms with Crippen LogP contribution in [0.3, 0.4) is 0 Å². The topological polar surface area (TPSA) is 56.8 Å². The van der Waals surface area contributed by atoms with Crippen molar-refractivity contribution < 1.29 is 23.4 Å². The Morgan fingerprint density at radius 3 is 2.71 bits per heavy atom. The minimum absolute atomic E-state index is 0.262. The summed E-state index contributed by atoms with van der Waals surface area (Å²) in [7, 11) is 0. The van der Waals surface area contributed by atoms with Crippen LogP contribution in [0.2, 0.25) is 0 Å². The van der Waals surface area contributed by atoms with E-state index in [0.717, 1.165) is 0 Å². The number of ether oxygens (including phenoxy) is 3. The van der Waals surface area contributed by atoms with Crippen LogP contribution in [0.1, 0.15) is 6.92 Å². The predicted octanol–water partition coefficient (Wildman–Crippen LogP) is 2.55. The molecule has 1 heterocycles. The zero-order valence-corrected chi connectivity index (χ0v) is 13.2. The van der Waals surface area contributed by atoms with Gasteiger partial charge in [-0.25, -0.2) is 4.39 Å². The van der Waals surface area contributed by atoms with E-state index in [0.29, 0.717) is 30.4 Å². The lowest BCUT2D eigenvalue weighted by molar-refractivity contribution is -0.127. The Morgan fingerprint density at radius 2 is 1.96 bits per heavy atom. The Balaban J connectivity index is 1.48. The Hall–Kier alpha value is -2.76. The maximum atomic E-state index is 12.9. The summed E-state index contributed by atoms with van der Waals surface area (Å²) < 4.78 is 29.7. The van der Waals surface area contributed by atoms with Crippen molar-refractivity contribution in [3.63, 3.8) is 0 Å². The molecule has 6 heteroatoms. The molecule has 0 saturated carbocycles. The highest BCUT2D eigenvalue weighted by Crippen LogP contribution is 2.30. The third-order valence-corrected chi connectivity index (χ3v) is 3.57. The smallest absolute Gasteiger partial charge is 0.260 e. The van der Waals surface area contributed by atoms with Gasteiger partial charge >= 0.3 is 0 Å². The summed E-state index contributed by atoms with van der Waals surface area (Å²) in [6, 6.07) is 12.9. The summed E-state index contributed by atoms with van der Waals surface area (Å²) >= 11 is 0. The van der Waals surface area contributed by atoms with Crippen molar-refractivity contribution in [1.82, 2.24) is 5.32 Å². The predicted molar refractivity (Wildman–Crippen MR) is 85.9 cm³/mol. The van der Waals surface area contributed by atoms with Crippen molar-refractivity contribution in [3.8, 4) is 17.2 Å².